The summed E-state index contributed by atoms with van der Waals surface area (Å²) in [6.07, 6.45) is 0. The first-order chi connectivity index (χ1) is 13.6. The van der Waals surface area contributed by atoms with Crippen LogP contribution in [0.2, 0.25) is 0 Å². The molecular weight excluding hydrogens is 370 g/mol. The maximum Gasteiger partial charge on any atom is 0.266 e. The van der Waals surface area contributed by atoms with Gasteiger partial charge < -0.3 is 0 Å². The van der Waals surface area contributed by atoms with Crippen LogP contribution in [-0.4, -0.2) is 24.5 Å². The van der Waals surface area contributed by atoms with E-state index in [9.17, 15) is 8.42 Å². The van der Waals surface area contributed by atoms with E-state index in [0.717, 1.165) is 22.2 Å². The Balaban J connectivity index is 1.71. The van der Waals surface area contributed by atoms with E-state index < -0.39 is 10.0 Å². The number of para-hydroxylation sites is 2. The second-order valence-corrected chi connectivity index (χ2v) is 8.91. The molecule has 0 saturated heterocycles. The third kappa shape index (κ3) is 2.52. The molecule has 0 bridgehead atoms. The topological polar surface area (TPSA) is 55.2 Å². The van der Waals surface area contributed by atoms with Crippen molar-refractivity contribution in [2.45, 2.75) is 17.9 Å². The highest BCUT2D eigenvalue weighted by atomic mass is 32.2. The first-order valence-electron chi connectivity index (χ1n) is 9.17. The summed E-state index contributed by atoms with van der Waals surface area (Å²) < 4.78 is 30.3. The van der Waals surface area contributed by atoms with Crippen molar-refractivity contribution in [1.82, 2.24) is 9.55 Å². The van der Waals surface area contributed by atoms with Crippen molar-refractivity contribution in [1.29, 1.82) is 0 Å². The first kappa shape index (κ1) is 17.0. The van der Waals surface area contributed by atoms with Gasteiger partial charge in [-0.1, -0.05) is 60.2 Å². The van der Waals surface area contributed by atoms with Crippen LogP contribution in [-0.2, 0) is 10.0 Å². The molecule has 1 aromatic heterocycles. The SMILES string of the molecule is Cc1ccc(S(=O)(=O)N2C[C@@H](c3ccccc3)n3c2nc2ccccc23)cc1. The molecule has 0 saturated carbocycles. The molecule has 0 spiro atoms. The molecule has 0 unspecified atom stereocenters. The van der Waals surface area contributed by atoms with Gasteiger partial charge in [-0.25, -0.2) is 17.7 Å². The third-order valence-electron chi connectivity index (χ3n) is 5.24. The molecule has 0 radical (unpaired) electrons. The number of benzene rings is 3. The van der Waals surface area contributed by atoms with Crippen LogP contribution in [0, 0.1) is 6.92 Å². The molecule has 1 aliphatic rings. The zero-order chi connectivity index (χ0) is 19.3. The number of hydrogen-bond acceptors (Lipinski definition) is 3. The number of hydrogen-bond donors (Lipinski definition) is 0. The van der Waals surface area contributed by atoms with Crippen molar-refractivity contribution in [2.24, 2.45) is 0 Å². The summed E-state index contributed by atoms with van der Waals surface area (Å²) in [5.74, 6) is 0.468. The van der Waals surface area contributed by atoms with Gasteiger partial charge >= 0.3 is 0 Å². The van der Waals surface area contributed by atoms with E-state index in [2.05, 4.69) is 4.98 Å². The minimum absolute atomic E-state index is 0.121. The number of imidazole rings is 1. The van der Waals surface area contributed by atoms with Crippen molar-refractivity contribution < 1.29 is 8.42 Å². The van der Waals surface area contributed by atoms with Crippen LogP contribution < -0.4 is 4.31 Å². The Labute approximate surface area is 163 Å². The van der Waals surface area contributed by atoms with Crippen LogP contribution >= 0.6 is 0 Å². The van der Waals surface area contributed by atoms with Gasteiger partial charge in [0.25, 0.3) is 10.0 Å². The van der Waals surface area contributed by atoms with E-state index >= 15 is 0 Å². The molecule has 5 rings (SSSR count). The second kappa shape index (κ2) is 6.21. The standard InChI is InChI=1S/C22H19N3O2S/c1-16-11-13-18(14-12-16)28(26,27)24-15-21(17-7-3-2-4-8-17)25-20-10-6-5-9-19(20)23-22(24)25/h2-14,21H,15H2,1H3/t21-/m0/s1. The molecular formula is C22H19N3O2S. The third-order valence-corrected chi connectivity index (χ3v) is 7.00. The molecule has 0 N–H and O–H groups in total. The van der Waals surface area contributed by atoms with E-state index in [-0.39, 0.29) is 10.9 Å². The highest BCUT2D eigenvalue weighted by Crippen LogP contribution is 2.39. The molecule has 6 heteroatoms. The van der Waals surface area contributed by atoms with Crippen LogP contribution in [0.15, 0.2) is 83.8 Å². The maximum atomic E-state index is 13.4. The highest BCUT2D eigenvalue weighted by molar-refractivity contribution is 7.92. The van der Waals surface area contributed by atoms with Crippen molar-refractivity contribution in [3.05, 3.63) is 90.0 Å². The van der Waals surface area contributed by atoms with Crippen molar-refractivity contribution in [2.75, 3.05) is 10.8 Å². The minimum atomic E-state index is -3.71. The lowest BCUT2D eigenvalue weighted by Crippen LogP contribution is -2.30. The number of aryl methyl sites for hydroxylation is 1. The molecule has 0 fully saturated rings. The van der Waals surface area contributed by atoms with Crippen molar-refractivity contribution in [3.8, 4) is 0 Å². The molecule has 3 aromatic carbocycles. The largest absolute Gasteiger partial charge is 0.300 e. The summed E-state index contributed by atoms with van der Waals surface area (Å²) in [5, 5.41) is 0. The van der Waals surface area contributed by atoms with E-state index in [1.807, 2.05) is 78.2 Å². The fraction of sp³-hybridized carbons (Fsp3) is 0.136. The molecule has 2 heterocycles. The Kier molecular flexibility index (Phi) is 3.77. The molecule has 1 aliphatic heterocycles. The van der Waals surface area contributed by atoms with Crippen LogP contribution in [0.25, 0.3) is 11.0 Å². The van der Waals surface area contributed by atoms with Crippen LogP contribution in [0.1, 0.15) is 17.2 Å². The molecule has 1 atom stereocenters. The summed E-state index contributed by atoms with van der Waals surface area (Å²) >= 11 is 0. The Morgan fingerprint density at radius 3 is 2.32 bits per heavy atom. The summed E-state index contributed by atoms with van der Waals surface area (Å²) in [6, 6.07) is 24.6. The van der Waals surface area contributed by atoms with E-state index in [1.54, 1.807) is 12.1 Å². The number of sulfonamides is 1. The number of aromatic nitrogens is 2. The predicted octanol–water partition coefficient (Wildman–Crippen LogP) is 4.14. The molecule has 5 nitrogen and oxygen atoms in total. The first-order valence-corrected chi connectivity index (χ1v) is 10.6. The van der Waals surface area contributed by atoms with E-state index in [0.29, 0.717) is 12.5 Å². The van der Waals surface area contributed by atoms with Gasteiger partial charge in [-0.15, -0.1) is 0 Å². The van der Waals surface area contributed by atoms with Gasteiger partial charge in [-0.05, 0) is 36.8 Å². The van der Waals surface area contributed by atoms with Gasteiger partial charge in [0.1, 0.15) is 0 Å². The predicted molar refractivity (Wildman–Crippen MR) is 110 cm³/mol. The van der Waals surface area contributed by atoms with Gasteiger partial charge in [-0.3, -0.25) is 4.57 Å². The van der Waals surface area contributed by atoms with Crippen LogP contribution in [0.4, 0.5) is 5.95 Å². The summed E-state index contributed by atoms with van der Waals surface area (Å²) in [5.41, 5.74) is 3.82. The van der Waals surface area contributed by atoms with Gasteiger partial charge in [0.15, 0.2) is 0 Å². The summed E-state index contributed by atoms with van der Waals surface area (Å²) in [6.45, 7) is 2.27. The average molecular weight is 389 g/mol. The Morgan fingerprint density at radius 1 is 0.893 bits per heavy atom. The van der Waals surface area contributed by atoms with Gasteiger partial charge in [0.2, 0.25) is 5.95 Å². The van der Waals surface area contributed by atoms with Crippen LogP contribution in [0.3, 0.4) is 0 Å². The smallest absolute Gasteiger partial charge is 0.266 e. The molecule has 0 amide bonds. The lowest BCUT2D eigenvalue weighted by Gasteiger charge is -2.18. The van der Waals surface area contributed by atoms with Crippen LogP contribution in [0.5, 0.6) is 0 Å². The van der Waals surface area contributed by atoms with Gasteiger partial charge in [-0.2, -0.15) is 0 Å². The van der Waals surface area contributed by atoms with E-state index in [4.69, 9.17) is 0 Å². The Morgan fingerprint density at radius 2 is 1.57 bits per heavy atom. The van der Waals surface area contributed by atoms with Crippen molar-refractivity contribution in [3.63, 3.8) is 0 Å². The summed E-state index contributed by atoms with van der Waals surface area (Å²) in [4.78, 5) is 4.95. The van der Waals surface area contributed by atoms with Crippen molar-refractivity contribution >= 4 is 27.0 Å². The second-order valence-electron chi connectivity index (χ2n) is 7.05. The zero-order valence-electron chi connectivity index (χ0n) is 15.4. The van der Waals surface area contributed by atoms with Gasteiger partial charge in [0, 0.05) is 0 Å². The van der Waals surface area contributed by atoms with Gasteiger partial charge in [0.05, 0.1) is 28.5 Å². The number of nitrogens with zero attached hydrogens (tertiary/aromatic N) is 3. The average Bonchev–Trinajstić information content (AvgIpc) is 3.26. The molecule has 0 aliphatic carbocycles. The Bertz CT molecular complexity index is 1260. The minimum Gasteiger partial charge on any atom is -0.300 e. The number of anilines is 1. The highest BCUT2D eigenvalue weighted by Gasteiger charge is 2.39. The molecule has 4 aromatic rings. The zero-order valence-corrected chi connectivity index (χ0v) is 16.2. The normalized spacial score (nSPS) is 16.5. The van der Waals surface area contributed by atoms with E-state index in [1.165, 1.54) is 4.31 Å². The fourth-order valence-corrected chi connectivity index (χ4v) is 5.22. The molecule has 28 heavy (non-hydrogen) atoms. The lowest BCUT2D eigenvalue weighted by atomic mass is 10.1. The maximum absolute atomic E-state index is 13.4. The fourth-order valence-electron chi connectivity index (χ4n) is 3.81. The monoisotopic (exact) mass is 389 g/mol. The number of rotatable bonds is 3. The Hall–Kier alpha value is -3.12. The summed E-state index contributed by atoms with van der Waals surface area (Å²) in [7, 11) is -3.71. The quantitative estimate of drug-likeness (QED) is 0.529. The molecule has 140 valence electrons. The lowest BCUT2D eigenvalue weighted by molar-refractivity contribution is 0.589. The number of fused-ring (bicyclic) bond motifs is 3.